The first-order valence-corrected chi connectivity index (χ1v) is 9.16. The molecule has 23 heavy (non-hydrogen) atoms. The van der Waals surface area contributed by atoms with Crippen LogP contribution in [-0.2, 0) is 13.0 Å². The number of thioether (sulfide) groups is 1. The van der Waals surface area contributed by atoms with Gasteiger partial charge in [-0.2, -0.15) is 11.8 Å². The second-order valence-corrected chi connectivity index (χ2v) is 7.34. The number of primary amides is 1. The molecule has 5 nitrogen and oxygen atoms in total. The van der Waals surface area contributed by atoms with Crippen molar-refractivity contribution in [1.82, 2.24) is 14.9 Å². The first-order chi connectivity index (χ1) is 11.2. The van der Waals surface area contributed by atoms with Gasteiger partial charge in [0.1, 0.15) is 5.82 Å². The van der Waals surface area contributed by atoms with Crippen LogP contribution in [0.4, 0.5) is 0 Å². The minimum absolute atomic E-state index is 0.402. The zero-order valence-electron chi connectivity index (χ0n) is 12.9. The molecular formula is C17H20N4OS. The summed E-state index contributed by atoms with van der Waals surface area (Å²) in [5, 5.41) is 0. The number of amides is 1. The summed E-state index contributed by atoms with van der Waals surface area (Å²) in [6, 6.07) is 8.02. The van der Waals surface area contributed by atoms with Crippen LogP contribution in [0.15, 0.2) is 24.3 Å². The fourth-order valence-corrected chi connectivity index (χ4v) is 4.62. The lowest BCUT2D eigenvalue weighted by Crippen LogP contribution is -2.39. The molecule has 6 heteroatoms. The van der Waals surface area contributed by atoms with E-state index in [0.717, 1.165) is 36.9 Å². The van der Waals surface area contributed by atoms with Crippen molar-refractivity contribution in [2.45, 2.75) is 25.4 Å². The number of carbonyl (C=O) groups is 1. The molecule has 0 aliphatic carbocycles. The van der Waals surface area contributed by atoms with Gasteiger partial charge in [-0.1, -0.05) is 12.1 Å². The Bertz CT molecular complexity index is 719. The quantitative estimate of drug-likeness (QED) is 0.904. The van der Waals surface area contributed by atoms with Gasteiger partial charge >= 0.3 is 0 Å². The van der Waals surface area contributed by atoms with Crippen LogP contribution in [0.25, 0.3) is 11.4 Å². The number of aromatic nitrogens is 2. The van der Waals surface area contributed by atoms with Crippen molar-refractivity contribution in [3.63, 3.8) is 0 Å². The Labute approximate surface area is 139 Å². The summed E-state index contributed by atoms with van der Waals surface area (Å²) in [4.78, 5) is 22.0. The molecule has 0 spiro atoms. The van der Waals surface area contributed by atoms with E-state index in [-0.39, 0.29) is 0 Å². The van der Waals surface area contributed by atoms with Crippen LogP contribution in [0.5, 0.6) is 0 Å². The summed E-state index contributed by atoms with van der Waals surface area (Å²) in [6.45, 7) is 2.07. The average molecular weight is 328 g/mol. The highest BCUT2D eigenvalue weighted by Crippen LogP contribution is 2.28. The van der Waals surface area contributed by atoms with E-state index in [1.807, 2.05) is 12.1 Å². The highest BCUT2D eigenvalue weighted by atomic mass is 32.2. The molecule has 1 saturated heterocycles. The summed E-state index contributed by atoms with van der Waals surface area (Å²) >= 11 is 2.06. The maximum Gasteiger partial charge on any atom is 0.248 e. The number of aromatic amines is 1. The second-order valence-electron chi connectivity index (χ2n) is 6.19. The summed E-state index contributed by atoms with van der Waals surface area (Å²) < 4.78 is 0. The van der Waals surface area contributed by atoms with Crippen molar-refractivity contribution in [2.24, 2.45) is 5.73 Å². The predicted molar refractivity (Wildman–Crippen MR) is 92.4 cm³/mol. The van der Waals surface area contributed by atoms with Gasteiger partial charge in [-0.25, -0.2) is 4.98 Å². The number of nitrogens with zero attached hydrogens (tertiary/aromatic N) is 2. The molecule has 0 bridgehead atoms. The van der Waals surface area contributed by atoms with E-state index < -0.39 is 5.91 Å². The summed E-state index contributed by atoms with van der Waals surface area (Å²) in [7, 11) is 0. The van der Waals surface area contributed by atoms with Crippen molar-refractivity contribution in [3.05, 3.63) is 41.2 Å². The molecular weight excluding hydrogens is 308 g/mol. The van der Waals surface area contributed by atoms with Crippen LogP contribution in [0.3, 0.4) is 0 Å². The predicted octanol–water partition coefficient (Wildman–Crippen LogP) is 2.04. The molecule has 2 aliphatic rings. The Morgan fingerprint density at radius 2 is 2.17 bits per heavy atom. The monoisotopic (exact) mass is 328 g/mol. The van der Waals surface area contributed by atoms with Gasteiger partial charge in [-0.3, -0.25) is 9.69 Å². The molecule has 1 aromatic heterocycles. The van der Waals surface area contributed by atoms with E-state index in [1.54, 1.807) is 12.1 Å². The molecule has 3 heterocycles. The molecule has 1 aromatic carbocycles. The number of rotatable bonds is 3. The first kappa shape index (κ1) is 14.8. The van der Waals surface area contributed by atoms with Crippen LogP contribution in [-0.4, -0.2) is 44.9 Å². The Morgan fingerprint density at radius 3 is 2.87 bits per heavy atom. The molecule has 120 valence electrons. The molecule has 0 unspecified atom stereocenters. The maximum absolute atomic E-state index is 11.2. The second kappa shape index (κ2) is 6.02. The standard InChI is InChI=1S/C17H20N4OS/c18-16(22)11-1-3-12(4-2-11)17-19-14-5-7-21(9-15(14)20-17)13-6-8-23-10-13/h1-4,13H,5-10H2,(H2,18,22)(H,19,20)/t13-/m1/s1. The van der Waals surface area contributed by atoms with Gasteiger partial charge in [0, 0.05) is 42.4 Å². The molecule has 3 N–H and O–H groups in total. The Balaban J connectivity index is 1.55. The molecule has 2 aliphatic heterocycles. The Morgan fingerprint density at radius 1 is 1.35 bits per heavy atom. The number of carbonyl (C=O) groups excluding carboxylic acids is 1. The topological polar surface area (TPSA) is 75.0 Å². The number of nitrogens with one attached hydrogen (secondary N) is 1. The van der Waals surface area contributed by atoms with Crippen molar-refractivity contribution < 1.29 is 4.79 Å². The third-order valence-corrected chi connectivity index (χ3v) is 5.87. The van der Waals surface area contributed by atoms with Gasteiger partial charge in [-0.15, -0.1) is 0 Å². The van der Waals surface area contributed by atoms with Crippen LogP contribution >= 0.6 is 11.8 Å². The summed E-state index contributed by atoms with van der Waals surface area (Å²) in [5.74, 6) is 3.02. The van der Waals surface area contributed by atoms with Crippen LogP contribution in [0, 0.1) is 0 Å². The minimum Gasteiger partial charge on any atom is -0.366 e. The van der Waals surface area contributed by atoms with E-state index >= 15 is 0 Å². The lowest BCUT2D eigenvalue weighted by atomic mass is 10.1. The number of hydrogen-bond acceptors (Lipinski definition) is 4. The lowest BCUT2D eigenvalue weighted by molar-refractivity contribution is 0.100. The smallest absolute Gasteiger partial charge is 0.248 e. The zero-order chi connectivity index (χ0) is 15.8. The van der Waals surface area contributed by atoms with Crippen molar-refractivity contribution >= 4 is 17.7 Å². The minimum atomic E-state index is -0.402. The van der Waals surface area contributed by atoms with Gasteiger partial charge in [0.05, 0.1) is 11.4 Å². The third kappa shape index (κ3) is 2.88. The van der Waals surface area contributed by atoms with Crippen LogP contribution < -0.4 is 5.73 Å². The molecule has 0 saturated carbocycles. The molecule has 4 rings (SSSR count). The number of fused-ring (bicyclic) bond motifs is 1. The number of nitrogens with two attached hydrogens (primary N) is 1. The number of H-pyrrole nitrogens is 1. The molecule has 0 radical (unpaired) electrons. The van der Waals surface area contributed by atoms with E-state index in [2.05, 4.69) is 21.6 Å². The van der Waals surface area contributed by atoms with Gasteiger partial charge in [0.2, 0.25) is 5.91 Å². The van der Waals surface area contributed by atoms with Gasteiger partial charge in [-0.05, 0) is 24.3 Å². The largest absolute Gasteiger partial charge is 0.366 e. The van der Waals surface area contributed by atoms with E-state index in [4.69, 9.17) is 10.7 Å². The van der Waals surface area contributed by atoms with Crippen LogP contribution in [0.2, 0.25) is 0 Å². The highest BCUT2D eigenvalue weighted by molar-refractivity contribution is 7.99. The normalized spacial score (nSPS) is 21.3. The molecule has 1 fully saturated rings. The molecule has 1 amide bonds. The molecule has 2 aromatic rings. The molecule has 1 atom stereocenters. The zero-order valence-corrected chi connectivity index (χ0v) is 13.7. The van der Waals surface area contributed by atoms with Gasteiger partial charge < -0.3 is 10.7 Å². The summed E-state index contributed by atoms with van der Waals surface area (Å²) in [5.41, 5.74) is 9.22. The number of benzene rings is 1. The fraction of sp³-hybridized carbons (Fsp3) is 0.412. The number of imidazole rings is 1. The van der Waals surface area contributed by atoms with E-state index in [1.165, 1.54) is 29.3 Å². The van der Waals surface area contributed by atoms with Crippen molar-refractivity contribution in [1.29, 1.82) is 0 Å². The third-order valence-electron chi connectivity index (χ3n) is 4.73. The van der Waals surface area contributed by atoms with Crippen molar-refractivity contribution in [3.8, 4) is 11.4 Å². The van der Waals surface area contributed by atoms with Crippen molar-refractivity contribution in [2.75, 3.05) is 18.1 Å². The first-order valence-electron chi connectivity index (χ1n) is 8.00. The maximum atomic E-state index is 11.2. The van der Waals surface area contributed by atoms with E-state index in [0.29, 0.717) is 5.56 Å². The van der Waals surface area contributed by atoms with E-state index in [9.17, 15) is 4.79 Å². The Kier molecular flexibility index (Phi) is 3.87. The van der Waals surface area contributed by atoms with Crippen LogP contribution in [0.1, 0.15) is 28.2 Å². The highest BCUT2D eigenvalue weighted by Gasteiger charge is 2.28. The Hall–Kier alpha value is -1.79. The average Bonchev–Trinajstić information content (AvgIpc) is 3.23. The SMILES string of the molecule is NC(=O)c1ccc(-c2nc3c([nH]2)CN([C@@H]2CCSC2)CC3)cc1. The van der Waals surface area contributed by atoms with Gasteiger partial charge in [0.25, 0.3) is 0 Å². The lowest BCUT2D eigenvalue weighted by Gasteiger charge is -2.31. The number of hydrogen-bond donors (Lipinski definition) is 2. The fourth-order valence-electron chi connectivity index (χ4n) is 3.37. The van der Waals surface area contributed by atoms with Gasteiger partial charge in [0.15, 0.2) is 0 Å². The summed E-state index contributed by atoms with van der Waals surface area (Å²) in [6.07, 6.45) is 2.31.